The molecule has 0 saturated heterocycles. The number of aliphatic imine (C=N–C) groups is 1. The Morgan fingerprint density at radius 1 is 1.60 bits per heavy atom. The first-order chi connectivity index (χ1) is 4.49. The van der Waals surface area contributed by atoms with Crippen molar-refractivity contribution < 1.29 is 4.74 Å². The van der Waals surface area contributed by atoms with E-state index in [1.165, 1.54) is 5.71 Å². The zero-order chi connectivity index (χ0) is 7.78. The second kappa shape index (κ2) is 2.35. The monoisotopic (exact) mass is 141 g/mol. The second-order valence-electron chi connectivity index (χ2n) is 3.43. The third-order valence-corrected chi connectivity index (χ3v) is 1.53. The Morgan fingerprint density at radius 2 is 2.20 bits per heavy atom. The van der Waals surface area contributed by atoms with Crippen molar-refractivity contribution in [2.45, 2.75) is 45.9 Å². The molecule has 1 atom stereocenters. The van der Waals surface area contributed by atoms with Crippen molar-refractivity contribution in [3.8, 4) is 0 Å². The minimum Gasteiger partial charge on any atom is -0.351 e. The quantitative estimate of drug-likeness (QED) is 0.505. The number of nitrogens with zero attached hydrogens (tertiary/aromatic N) is 1. The standard InChI is InChI=1S/C8H15NO/c1-6-5-7(2)10-8(3,4)9-6/h7H,5H2,1-4H3. The molecule has 0 spiro atoms. The number of ether oxygens (including phenoxy) is 1. The molecule has 0 aliphatic carbocycles. The van der Waals surface area contributed by atoms with Crippen molar-refractivity contribution >= 4 is 5.71 Å². The molecule has 0 fully saturated rings. The fourth-order valence-electron chi connectivity index (χ4n) is 1.48. The molecular formula is C8H15NO. The van der Waals surface area contributed by atoms with E-state index in [0.717, 1.165) is 6.42 Å². The lowest BCUT2D eigenvalue weighted by Crippen LogP contribution is -2.33. The Bertz CT molecular complexity index is 161. The molecule has 1 unspecified atom stereocenters. The van der Waals surface area contributed by atoms with Crippen LogP contribution < -0.4 is 0 Å². The van der Waals surface area contributed by atoms with Crippen molar-refractivity contribution in [3.05, 3.63) is 0 Å². The van der Waals surface area contributed by atoms with Gasteiger partial charge in [-0.1, -0.05) is 0 Å². The molecular weight excluding hydrogens is 126 g/mol. The molecule has 1 aliphatic rings. The van der Waals surface area contributed by atoms with Crippen molar-refractivity contribution in [2.24, 2.45) is 4.99 Å². The van der Waals surface area contributed by atoms with E-state index in [4.69, 9.17) is 4.74 Å². The van der Waals surface area contributed by atoms with E-state index >= 15 is 0 Å². The average Bonchev–Trinajstić information content (AvgIpc) is 1.54. The van der Waals surface area contributed by atoms with Gasteiger partial charge in [-0.25, -0.2) is 0 Å². The zero-order valence-corrected chi connectivity index (χ0v) is 7.14. The molecule has 1 rings (SSSR count). The molecule has 0 aromatic heterocycles. The van der Waals surface area contributed by atoms with Gasteiger partial charge in [-0.3, -0.25) is 4.99 Å². The molecule has 0 aromatic rings. The summed E-state index contributed by atoms with van der Waals surface area (Å²) in [5.41, 5.74) is 0.908. The van der Waals surface area contributed by atoms with Crippen LogP contribution in [0.5, 0.6) is 0 Å². The Balaban J connectivity index is 2.74. The SMILES string of the molecule is CC1=NC(C)(C)OC(C)C1. The van der Waals surface area contributed by atoms with Gasteiger partial charge < -0.3 is 4.74 Å². The van der Waals surface area contributed by atoms with E-state index < -0.39 is 0 Å². The van der Waals surface area contributed by atoms with Crippen LogP contribution in [0.3, 0.4) is 0 Å². The van der Waals surface area contributed by atoms with Gasteiger partial charge in [0, 0.05) is 12.1 Å². The van der Waals surface area contributed by atoms with Crippen LogP contribution in [0.25, 0.3) is 0 Å². The van der Waals surface area contributed by atoms with Crippen molar-refractivity contribution in [1.29, 1.82) is 0 Å². The van der Waals surface area contributed by atoms with E-state index in [0.29, 0.717) is 6.10 Å². The van der Waals surface area contributed by atoms with Gasteiger partial charge in [0.05, 0.1) is 6.10 Å². The molecule has 2 nitrogen and oxygen atoms in total. The first-order valence-corrected chi connectivity index (χ1v) is 3.73. The van der Waals surface area contributed by atoms with Crippen LogP contribution in [-0.2, 0) is 4.74 Å². The van der Waals surface area contributed by atoms with Crippen LogP contribution >= 0.6 is 0 Å². The van der Waals surface area contributed by atoms with Gasteiger partial charge in [0.25, 0.3) is 0 Å². The first kappa shape index (κ1) is 7.73. The zero-order valence-electron chi connectivity index (χ0n) is 7.14. The van der Waals surface area contributed by atoms with Crippen molar-refractivity contribution in [1.82, 2.24) is 0 Å². The summed E-state index contributed by atoms with van der Waals surface area (Å²) in [5.74, 6) is 0. The summed E-state index contributed by atoms with van der Waals surface area (Å²) in [7, 11) is 0. The molecule has 0 saturated carbocycles. The Labute approximate surface area is 62.3 Å². The van der Waals surface area contributed by atoms with Crippen LogP contribution in [0.1, 0.15) is 34.1 Å². The third-order valence-electron chi connectivity index (χ3n) is 1.53. The average molecular weight is 141 g/mol. The maximum Gasteiger partial charge on any atom is 0.153 e. The Hall–Kier alpha value is -0.370. The van der Waals surface area contributed by atoms with Gasteiger partial charge in [0.15, 0.2) is 5.72 Å². The highest BCUT2D eigenvalue weighted by atomic mass is 16.5. The molecule has 1 heterocycles. The van der Waals surface area contributed by atoms with Crippen LogP contribution in [0.2, 0.25) is 0 Å². The highest BCUT2D eigenvalue weighted by Gasteiger charge is 2.24. The second-order valence-corrected chi connectivity index (χ2v) is 3.43. The lowest BCUT2D eigenvalue weighted by molar-refractivity contribution is -0.0629. The van der Waals surface area contributed by atoms with Crippen LogP contribution in [0.4, 0.5) is 0 Å². The fraction of sp³-hybridized carbons (Fsp3) is 0.875. The molecule has 0 aromatic carbocycles. The highest BCUT2D eigenvalue weighted by Crippen LogP contribution is 2.21. The van der Waals surface area contributed by atoms with E-state index in [2.05, 4.69) is 18.8 Å². The number of rotatable bonds is 0. The molecule has 0 amide bonds. The molecule has 0 N–H and O–H groups in total. The Kier molecular flexibility index (Phi) is 1.82. The maximum atomic E-state index is 5.56. The van der Waals surface area contributed by atoms with Crippen LogP contribution in [0, 0.1) is 0 Å². The Morgan fingerprint density at radius 3 is 2.60 bits per heavy atom. The van der Waals surface area contributed by atoms with Gasteiger partial charge in [-0.15, -0.1) is 0 Å². The molecule has 10 heavy (non-hydrogen) atoms. The topological polar surface area (TPSA) is 21.6 Å². The maximum absolute atomic E-state index is 5.56. The lowest BCUT2D eigenvalue weighted by atomic mass is 10.1. The minimum atomic E-state index is -0.290. The summed E-state index contributed by atoms with van der Waals surface area (Å²) in [6, 6.07) is 0. The summed E-state index contributed by atoms with van der Waals surface area (Å²) in [6.07, 6.45) is 1.30. The molecule has 1 aliphatic heterocycles. The van der Waals surface area contributed by atoms with E-state index in [1.807, 2.05) is 13.8 Å². The normalized spacial score (nSPS) is 31.6. The summed E-state index contributed by atoms with van der Waals surface area (Å²) < 4.78 is 5.56. The lowest BCUT2D eigenvalue weighted by Gasteiger charge is -2.30. The predicted octanol–water partition coefficient (Wildman–Crippen LogP) is 1.99. The smallest absolute Gasteiger partial charge is 0.153 e. The first-order valence-electron chi connectivity index (χ1n) is 3.73. The molecule has 58 valence electrons. The van der Waals surface area contributed by atoms with E-state index in [1.54, 1.807) is 0 Å². The van der Waals surface area contributed by atoms with Crippen molar-refractivity contribution in [2.75, 3.05) is 0 Å². The minimum absolute atomic E-state index is 0.290. The molecule has 0 radical (unpaired) electrons. The van der Waals surface area contributed by atoms with Gasteiger partial charge >= 0.3 is 0 Å². The van der Waals surface area contributed by atoms with Gasteiger partial charge in [-0.2, -0.15) is 0 Å². The number of hydrogen-bond donors (Lipinski definition) is 0. The number of hydrogen-bond acceptors (Lipinski definition) is 2. The van der Waals surface area contributed by atoms with Crippen molar-refractivity contribution in [3.63, 3.8) is 0 Å². The predicted molar refractivity (Wildman–Crippen MR) is 42.4 cm³/mol. The molecule has 2 heteroatoms. The van der Waals surface area contributed by atoms with E-state index in [9.17, 15) is 0 Å². The van der Waals surface area contributed by atoms with Crippen LogP contribution in [-0.4, -0.2) is 17.5 Å². The summed E-state index contributed by atoms with van der Waals surface area (Å²) in [4.78, 5) is 4.36. The third kappa shape index (κ3) is 1.81. The van der Waals surface area contributed by atoms with Crippen LogP contribution in [0.15, 0.2) is 4.99 Å². The summed E-state index contributed by atoms with van der Waals surface area (Å²) in [6.45, 7) is 8.12. The molecule has 0 bridgehead atoms. The van der Waals surface area contributed by atoms with Gasteiger partial charge in [0.2, 0.25) is 0 Å². The van der Waals surface area contributed by atoms with E-state index in [-0.39, 0.29) is 5.72 Å². The largest absolute Gasteiger partial charge is 0.351 e. The summed E-state index contributed by atoms with van der Waals surface area (Å²) in [5, 5.41) is 0. The highest BCUT2D eigenvalue weighted by molar-refractivity contribution is 5.83. The summed E-state index contributed by atoms with van der Waals surface area (Å²) >= 11 is 0. The fourth-order valence-corrected chi connectivity index (χ4v) is 1.48. The van der Waals surface area contributed by atoms with Gasteiger partial charge in [-0.05, 0) is 27.7 Å². The van der Waals surface area contributed by atoms with Gasteiger partial charge in [0.1, 0.15) is 0 Å².